The van der Waals surface area contributed by atoms with Gasteiger partial charge in [-0.25, -0.2) is 0 Å². The van der Waals surface area contributed by atoms with Crippen LogP contribution in [0.2, 0.25) is 5.02 Å². The molecule has 1 aliphatic heterocycles. The van der Waals surface area contributed by atoms with E-state index in [-0.39, 0.29) is 11.7 Å². The number of rotatable bonds is 6. The second kappa shape index (κ2) is 9.31. The predicted molar refractivity (Wildman–Crippen MR) is 120 cm³/mol. The number of pyridine rings is 1. The van der Waals surface area contributed by atoms with E-state index in [0.717, 1.165) is 34.1 Å². The highest BCUT2D eigenvalue weighted by Gasteiger charge is 2.18. The van der Waals surface area contributed by atoms with Gasteiger partial charge in [-0.2, -0.15) is 0 Å². The van der Waals surface area contributed by atoms with Gasteiger partial charge in [-0.05, 0) is 49.2 Å². The number of halogens is 1. The lowest BCUT2D eigenvalue weighted by atomic mass is 10.1. The third-order valence-corrected chi connectivity index (χ3v) is 5.82. The molecule has 0 amide bonds. The van der Waals surface area contributed by atoms with E-state index in [2.05, 4.69) is 17.9 Å². The minimum Gasteiger partial charge on any atom is -0.376 e. The lowest BCUT2D eigenvalue weighted by Crippen LogP contribution is -2.39. The van der Waals surface area contributed by atoms with Crippen LogP contribution in [-0.2, 0) is 22.6 Å². The predicted octanol–water partition coefficient (Wildman–Crippen LogP) is 3.86. The molecule has 1 fully saturated rings. The van der Waals surface area contributed by atoms with E-state index in [1.807, 2.05) is 54.1 Å². The topological polar surface area (TPSA) is 43.7 Å². The Morgan fingerprint density at radius 1 is 1.13 bits per heavy atom. The summed E-state index contributed by atoms with van der Waals surface area (Å²) in [7, 11) is 2.01. The van der Waals surface area contributed by atoms with Crippen LogP contribution < -0.4 is 5.56 Å². The van der Waals surface area contributed by atoms with Crippen molar-refractivity contribution in [3.63, 3.8) is 0 Å². The quantitative estimate of drug-likeness (QED) is 0.600. The molecule has 0 spiro atoms. The Kier molecular flexibility index (Phi) is 6.54. The molecule has 1 unspecified atom stereocenters. The fourth-order valence-corrected chi connectivity index (χ4v) is 4.18. The monoisotopic (exact) mass is 426 g/mol. The molecule has 158 valence electrons. The molecule has 0 radical (unpaired) electrons. The fourth-order valence-electron chi connectivity index (χ4n) is 3.98. The number of ether oxygens (including phenoxy) is 2. The van der Waals surface area contributed by atoms with Crippen LogP contribution >= 0.6 is 11.6 Å². The molecule has 1 aliphatic rings. The van der Waals surface area contributed by atoms with Crippen molar-refractivity contribution in [2.24, 2.45) is 0 Å². The summed E-state index contributed by atoms with van der Waals surface area (Å²) in [6.45, 7) is 5.64. The van der Waals surface area contributed by atoms with Crippen LogP contribution in [0.1, 0.15) is 16.7 Å². The Morgan fingerprint density at radius 3 is 2.73 bits per heavy atom. The van der Waals surface area contributed by atoms with Gasteiger partial charge in [-0.3, -0.25) is 9.69 Å². The molecule has 0 bridgehead atoms. The third kappa shape index (κ3) is 4.76. The molecular formula is C24H27ClN2O3. The van der Waals surface area contributed by atoms with Crippen molar-refractivity contribution >= 4 is 22.5 Å². The van der Waals surface area contributed by atoms with E-state index in [4.69, 9.17) is 21.1 Å². The van der Waals surface area contributed by atoms with Crippen LogP contribution in [0.15, 0.2) is 53.3 Å². The average Bonchev–Trinajstić information content (AvgIpc) is 2.73. The lowest BCUT2D eigenvalue weighted by molar-refractivity contribution is -0.0963. The second-order valence-electron chi connectivity index (χ2n) is 7.98. The molecule has 6 heteroatoms. The molecule has 2 heterocycles. The van der Waals surface area contributed by atoms with Crippen LogP contribution in [0.4, 0.5) is 0 Å². The number of hydrogen-bond donors (Lipinski definition) is 0. The lowest BCUT2D eigenvalue weighted by Gasteiger charge is -2.27. The van der Waals surface area contributed by atoms with Crippen molar-refractivity contribution in [3.05, 3.63) is 80.6 Å². The van der Waals surface area contributed by atoms with Gasteiger partial charge >= 0.3 is 0 Å². The third-order valence-electron chi connectivity index (χ3n) is 5.45. The summed E-state index contributed by atoms with van der Waals surface area (Å²) in [5.41, 5.74) is 3.79. The second-order valence-corrected chi connectivity index (χ2v) is 8.39. The van der Waals surface area contributed by atoms with Gasteiger partial charge in [-0.1, -0.05) is 41.4 Å². The maximum atomic E-state index is 13.4. The Hall–Kier alpha value is -2.18. The Morgan fingerprint density at radius 2 is 1.97 bits per heavy atom. The maximum Gasteiger partial charge on any atom is 0.255 e. The molecule has 3 aromatic rings. The van der Waals surface area contributed by atoms with Crippen molar-refractivity contribution in [2.45, 2.75) is 26.1 Å². The Labute approximate surface area is 181 Å². The molecule has 4 rings (SSSR count). The molecule has 30 heavy (non-hydrogen) atoms. The number of aromatic nitrogens is 1. The van der Waals surface area contributed by atoms with Crippen molar-refractivity contribution in [2.75, 3.05) is 33.4 Å². The highest BCUT2D eigenvalue weighted by molar-refractivity contribution is 6.31. The normalized spacial score (nSPS) is 17.0. The van der Waals surface area contributed by atoms with Gasteiger partial charge in [0.15, 0.2) is 0 Å². The molecule has 0 aliphatic carbocycles. The SMILES string of the molecule is Cc1ccc2c(c1)cc(CN(C)CC1COCCO1)c(=O)n2Cc1ccccc1Cl. The summed E-state index contributed by atoms with van der Waals surface area (Å²) < 4.78 is 13.1. The van der Waals surface area contributed by atoms with Crippen LogP contribution in [0, 0.1) is 6.92 Å². The first-order valence-corrected chi connectivity index (χ1v) is 10.6. The molecule has 2 aromatic carbocycles. The highest BCUT2D eigenvalue weighted by atomic mass is 35.5. The van der Waals surface area contributed by atoms with E-state index >= 15 is 0 Å². The van der Waals surface area contributed by atoms with Gasteiger partial charge in [0.05, 0.1) is 38.0 Å². The van der Waals surface area contributed by atoms with Crippen LogP contribution in [0.3, 0.4) is 0 Å². The number of likely N-dealkylation sites (N-methyl/N-ethyl adjacent to an activating group) is 1. The number of benzene rings is 2. The van der Waals surface area contributed by atoms with Gasteiger partial charge in [0.25, 0.3) is 5.56 Å². The standard InChI is InChI=1S/C24H27ClN2O3/c1-17-7-8-23-19(11-17)12-20(13-26(2)15-21-16-29-9-10-30-21)24(28)27(23)14-18-5-3-4-6-22(18)25/h3-8,11-12,21H,9-10,13-16H2,1-2H3. The first-order chi connectivity index (χ1) is 14.5. The average molecular weight is 427 g/mol. The number of aryl methyl sites for hydroxylation is 1. The summed E-state index contributed by atoms with van der Waals surface area (Å²) in [6, 6.07) is 15.9. The van der Waals surface area contributed by atoms with Crippen molar-refractivity contribution in [3.8, 4) is 0 Å². The molecular weight excluding hydrogens is 400 g/mol. The molecule has 5 nitrogen and oxygen atoms in total. The number of fused-ring (bicyclic) bond motifs is 1. The molecule has 1 atom stereocenters. The van der Waals surface area contributed by atoms with Gasteiger partial charge in [0.2, 0.25) is 0 Å². The first kappa shape index (κ1) is 21.1. The summed E-state index contributed by atoms with van der Waals surface area (Å²) in [4.78, 5) is 15.6. The molecule has 1 saturated heterocycles. The van der Waals surface area contributed by atoms with Gasteiger partial charge in [0, 0.05) is 23.7 Å². The number of hydrogen-bond acceptors (Lipinski definition) is 4. The highest BCUT2D eigenvalue weighted by Crippen LogP contribution is 2.21. The zero-order valence-corrected chi connectivity index (χ0v) is 18.2. The minimum absolute atomic E-state index is 0.0129. The summed E-state index contributed by atoms with van der Waals surface area (Å²) >= 11 is 6.39. The summed E-state index contributed by atoms with van der Waals surface area (Å²) in [5, 5.41) is 1.73. The number of nitrogens with zero attached hydrogens (tertiary/aromatic N) is 2. The van der Waals surface area contributed by atoms with E-state index in [1.165, 1.54) is 0 Å². The maximum absolute atomic E-state index is 13.4. The smallest absolute Gasteiger partial charge is 0.255 e. The van der Waals surface area contributed by atoms with Crippen LogP contribution in [0.25, 0.3) is 10.9 Å². The largest absolute Gasteiger partial charge is 0.376 e. The Balaban J connectivity index is 1.68. The van der Waals surface area contributed by atoms with Crippen LogP contribution in [0.5, 0.6) is 0 Å². The summed E-state index contributed by atoms with van der Waals surface area (Å²) in [6.07, 6.45) is 0.0387. The Bertz CT molecular complexity index is 1090. The summed E-state index contributed by atoms with van der Waals surface area (Å²) in [5.74, 6) is 0. The zero-order chi connectivity index (χ0) is 21.1. The zero-order valence-electron chi connectivity index (χ0n) is 17.4. The van der Waals surface area contributed by atoms with E-state index < -0.39 is 0 Å². The molecule has 0 saturated carbocycles. The van der Waals surface area contributed by atoms with E-state index in [0.29, 0.717) is 37.9 Å². The fraction of sp³-hybridized carbons (Fsp3) is 0.375. The van der Waals surface area contributed by atoms with Crippen molar-refractivity contribution in [1.82, 2.24) is 9.47 Å². The minimum atomic E-state index is 0.0129. The van der Waals surface area contributed by atoms with Gasteiger partial charge in [0.1, 0.15) is 0 Å². The molecule has 0 N–H and O–H groups in total. The van der Waals surface area contributed by atoms with E-state index in [1.54, 1.807) is 0 Å². The van der Waals surface area contributed by atoms with Crippen molar-refractivity contribution in [1.29, 1.82) is 0 Å². The van der Waals surface area contributed by atoms with E-state index in [9.17, 15) is 4.79 Å². The molecule has 1 aromatic heterocycles. The van der Waals surface area contributed by atoms with Crippen molar-refractivity contribution < 1.29 is 9.47 Å². The van der Waals surface area contributed by atoms with Gasteiger partial charge < -0.3 is 14.0 Å². The van der Waals surface area contributed by atoms with Gasteiger partial charge in [-0.15, -0.1) is 0 Å². The van der Waals surface area contributed by atoms with Crippen LogP contribution in [-0.4, -0.2) is 49.0 Å². The first-order valence-electron chi connectivity index (χ1n) is 10.3.